The van der Waals surface area contributed by atoms with Crippen molar-refractivity contribution in [3.05, 3.63) is 65.1 Å². The van der Waals surface area contributed by atoms with Crippen LogP contribution in [0.1, 0.15) is 18.2 Å². The van der Waals surface area contributed by atoms with Crippen LogP contribution in [0.5, 0.6) is 0 Å². The first-order valence-corrected chi connectivity index (χ1v) is 9.31. The van der Waals surface area contributed by atoms with Gasteiger partial charge in [-0.3, -0.25) is 4.99 Å². The van der Waals surface area contributed by atoms with Crippen LogP contribution in [0.2, 0.25) is 5.15 Å². The summed E-state index contributed by atoms with van der Waals surface area (Å²) in [6, 6.07) is 14.3. The fourth-order valence-electron chi connectivity index (χ4n) is 2.78. The Balaban J connectivity index is 1.50. The molecule has 2 aromatic heterocycles. The molecule has 136 valence electrons. The smallest absolute Gasteiger partial charge is 0.191 e. The van der Waals surface area contributed by atoms with Gasteiger partial charge in [-0.15, -0.1) is 0 Å². The molecule has 0 saturated heterocycles. The monoisotopic (exact) mass is 369 g/mol. The van der Waals surface area contributed by atoms with Gasteiger partial charge in [0.15, 0.2) is 5.96 Å². The van der Waals surface area contributed by atoms with E-state index in [1.807, 2.05) is 24.4 Å². The van der Waals surface area contributed by atoms with E-state index in [1.165, 1.54) is 16.6 Å². The number of aromatic amines is 1. The Bertz CT molecular complexity index is 821. The van der Waals surface area contributed by atoms with Gasteiger partial charge in [0.25, 0.3) is 0 Å². The Hall–Kier alpha value is -2.53. The standard InChI is InChI=1S/C20H24ClN5/c1-2-22-20(23-11-9-15-7-8-19(21)25-14-15)24-12-10-17-13-16-5-3-4-6-18(16)26-17/h3-8,13-14,26H,2,9-12H2,1H3,(H2,22,23,24). The lowest BCUT2D eigenvalue weighted by atomic mass is 10.2. The number of aromatic nitrogens is 2. The molecular formula is C20H24ClN5. The molecule has 0 spiro atoms. The number of para-hydroxylation sites is 1. The van der Waals surface area contributed by atoms with Gasteiger partial charge >= 0.3 is 0 Å². The van der Waals surface area contributed by atoms with Crippen LogP contribution in [-0.2, 0) is 12.8 Å². The predicted octanol–water partition coefficient (Wildman–Crippen LogP) is 3.56. The Labute approximate surface area is 158 Å². The average molecular weight is 370 g/mol. The molecule has 3 rings (SSSR count). The number of hydrogen-bond acceptors (Lipinski definition) is 2. The number of pyridine rings is 1. The summed E-state index contributed by atoms with van der Waals surface area (Å²) in [4.78, 5) is 12.2. The van der Waals surface area contributed by atoms with Crippen molar-refractivity contribution in [2.45, 2.75) is 19.8 Å². The number of aliphatic imine (C=N–C) groups is 1. The van der Waals surface area contributed by atoms with Crippen molar-refractivity contribution in [3.63, 3.8) is 0 Å². The molecule has 0 radical (unpaired) electrons. The average Bonchev–Trinajstić information content (AvgIpc) is 3.06. The van der Waals surface area contributed by atoms with Crippen LogP contribution >= 0.6 is 11.6 Å². The highest BCUT2D eigenvalue weighted by Crippen LogP contribution is 2.14. The van der Waals surface area contributed by atoms with Gasteiger partial charge in [0.1, 0.15) is 5.15 Å². The summed E-state index contributed by atoms with van der Waals surface area (Å²) >= 11 is 5.81. The molecule has 5 nitrogen and oxygen atoms in total. The second kappa shape index (κ2) is 9.25. The van der Waals surface area contributed by atoms with E-state index < -0.39 is 0 Å². The third kappa shape index (κ3) is 5.23. The number of guanidine groups is 1. The molecule has 0 aliphatic heterocycles. The molecular weight excluding hydrogens is 346 g/mol. The minimum absolute atomic E-state index is 0.522. The number of fused-ring (bicyclic) bond motifs is 1. The molecule has 0 fully saturated rings. The van der Waals surface area contributed by atoms with Crippen molar-refractivity contribution in [3.8, 4) is 0 Å². The van der Waals surface area contributed by atoms with Gasteiger partial charge in [0.05, 0.1) is 0 Å². The van der Waals surface area contributed by atoms with Crippen molar-refractivity contribution in [1.29, 1.82) is 0 Å². The van der Waals surface area contributed by atoms with Gasteiger partial charge in [-0.05, 0) is 42.5 Å². The largest absolute Gasteiger partial charge is 0.358 e. The predicted molar refractivity (Wildman–Crippen MR) is 109 cm³/mol. The summed E-state index contributed by atoms with van der Waals surface area (Å²) < 4.78 is 0. The van der Waals surface area contributed by atoms with E-state index in [1.54, 1.807) is 0 Å². The fourth-order valence-corrected chi connectivity index (χ4v) is 2.89. The number of nitrogens with one attached hydrogen (secondary N) is 3. The van der Waals surface area contributed by atoms with Gasteiger partial charge in [-0.2, -0.15) is 0 Å². The molecule has 0 aliphatic rings. The molecule has 3 N–H and O–H groups in total. The molecule has 2 heterocycles. The van der Waals surface area contributed by atoms with Crippen LogP contribution < -0.4 is 10.6 Å². The molecule has 0 bridgehead atoms. The fraction of sp³-hybridized carbons (Fsp3) is 0.300. The van der Waals surface area contributed by atoms with Crippen LogP contribution in [0.3, 0.4) is 0 Å². The summed E-state index contributed by atoms with van der Waals surface area (Å²) in [6.07, 6.45) is 3.56. The lowest BCUT2D eigenvalue weighted by molar-refractivity contribution is 0.793. The topological polar surface area (TPSA) is 65.1 Å². The third-order valence-corrected chi connectivity index (χ3v) is 4.30. The number of nitrogens with zero attached hydrogens (tertiary/aromatic N) is 2. The van der Waals surface area contributed by atoms with Gasteiger partial charge in [0, 0.05) is 43.5 Å². The maximum atomic E-state index is 5.81. The number of H-pyrrole nitrogens is 1. The van der Waals surface area contributed by atoms with Crippen molar-refractivity contribution in [2.75, 3.05) is 19.6 Å². The molecule has 3 aromatic rings. The van der Waals surface area contributed by atoms with E-state index >= 15 is 0 Å². The first-order valence-electron chi connectivity index (χ1n) is 8.94. The molecule has 0 amide bonds. The van der Waals surface area contributed by atoms with Gasteiger partial charge < -0.3 is 15.6 Å². The molecule has 1 aromatic carbocycles. The summed E-state index contributed by atoms with van der Waals surface area (Å²) in [6.45, 7) is 4.42. The lowest BCUT2D eigenvalue weighted by Gasteiger charge is -2.11. The summed E-state index contributed by atoms with van der Waals surface area (Å²) in [5.74, 6) is 0.838. The van der Waals surface area contributed by atoms with Gasteiger partial charge in [-0.25, -0.2) is 4.98 Å². The van der Waals surface area contributed by atoms with E-state index in [2.05, 4.69) is 56.8 Å². The molecule has 0 atom stereocenters. The van der Waals surface area contributed by atoms with Gasteiger partial charge in [0.2, 0.25) is 0 Å². The minimum atomic E-state index is 0.522. The highest BCUT2D eigenvalue weighted by Gasteiger charge is 2.01. The SMILES string of the molecule is CCNC(=NCCc1cc2ccccc2[nH]1)NCCc1ccc(Cl)nc1. The number of halogens is 1. The summed E-state index contributed by atoms with van der Waals surface area (Å²) in [5.41, 5.74) is 3.53. The maximum Gasteiger partial charge on any atom is 0.191 e. The molecule has 0 unspecified atom stereocenters. The zero-order valence-electron chi connectivity index (χ0n) is 14.9. The number of hydrogen-bond donors (Lipinski definition) is 3. The molecule has 26 heavy (non-hydrogen) atoms. The van der Waals surface area contributed by atoms with Crippen LogP contribution in [0.25, 0.3) is 10.9 Å². The van der Waals surface area contributed by atoms with Crippen LogP contribution in [0.15, 0.2) is 53.7 Å². The van der Waals surface area contributed by atoms with Gasteiger partial charge in [-0.1, -0.05) is 35.9 Å². The first-order chi connectivity index (χ1) is 12.7. The van der Waals surface area contributed by atoms with E-state index in [-0.39, 0.29) is 0 Å². The van der Waals surface area contributed by atoms with Crippen molar-refractivity contribution < 1.29 is 0 Å². The Morgan fingerprint density at radius 2 is 2.04 bits per heavy atom. The van der Waals surface area contributed by atoms with Crippen LogP contribution in [0.4, 0.5) is 0 Å². The zero-order chi connectivity index (χ0) is 18.2. The van der Waals surface area contributed by atoms with Crippen molar-refractivity contribution >= 4 is 28.5 Å². The third-order valence-electron chi connectivity index (χ3n) is 4.08. The number of rotatable bonds is 7. The summed E-state index contributed by atoms with van der Waals surface area (Å²) in [7, 11) is 0. The number of benzene rings is 1. The maximum absolute atomic E-state index is 5.81. The minimum Gasteiger partial charge on any atom is -0.358 e. The van der Waals surface area contributed by atoms with Crippen LogP contribution in [-0.4, -0.2) is 35.6 Å². The Morgan fingerprint density at radius 1 is 1.15 bits per heavy atom. The Morgan fingerprint density at radius 3 is 2.81 bits per heavy atom. The molecule has 6 heteroatoms. The van der Waals surface area contributed by atoms with E-state index in [0.717, 1.165) is 44.0 Å². The van der Waals surface area contributed by atoms with E-state index in [0.29, 0.717) is 5.15 Å². The molecule has 0 saturated carbocycles. The second-order valence-corrected chi connectivity index (χ2v) is 6.45. The van der Waals surface area contributed by atoms with Crippen LogP contribution in [0, 0.1) is 0 Å². The second-order valence-electron chi connectivity index (χ2n) is 6.06. The summed E-state index contributed by atoms with van der Waals surface area (Å²) in [5, 5.41) is 8.41. The van der Waals surface area contributed by atoms with E-state index in [9.17, 15) is 0 Å². The van der Waals surface area contributed by atoms with Crippen molar-refractivity contribution in [2.24, 2.45) is 4.99 Å². The molecule has 0 aliphatic carbocycles. The Kier molecular flexibility index (Phi) is 6.50. The lowest BCUT2D eigenvalue weighted by Crippen LogP contribution is -2.38. The first kappa shape index (κ1) is 18.3. The highest BCUT2D eigenvalue weighted by atomic mass is 35.5. The zero-order valence-corrected chi connectivity index (χ0v) is 15.7. The normalized spacial score (nSPS) is 11.7. The van der Waals surface area contributed by atoms with E-state index in [4.69, 9.17) is 11.6 Å². The van der Waals surface area contributed by atoms with Crippen molar-refractivity contribution in [1.82, 2.24) is 20.6 Å². The quantitative estimate of drug-likeness (QED) is 0.339. The highest BCUT2D eigenvalue weighted by molar-refractivity contribution is 6.29.